The highest BCUT2D eigenvalue weighted by molar-refractivity contribution is 5.80. The summed E-state index contributed by atoms with van der Waals surface area (Å²) in [6.07, 6.45) is -7.63. The SMILES string of the molecule is CC(=O)OCC(=O)N[C@H]1[C@H]([C@H](O)[C@H](O)CO)O[C@@](OCc2ccccc2)(C(=O)O)C[C@@H]1O. The number of carbonyl (C=O) groups excluding carboxylic acids is 2. The monoisotopic (exact) mass is 457 g/mol. The minimum absolute atomic E-state index is 0.214. The van der Waals surface area contributed by atoms with Crippen LogP contribution in [0.25, 0.3) is 0 Å². The third-order valence-corrected chi connectivity index (χ3v) is 4.87. The van der Waals surface area contributed by atoms with Gasteiger partial charge < -0.3 is 45.1 Å². The van der Waals surface area contributed by atoms with Crippen molar-refractivity contribution in [1.29, 1.82) is 0 Å². The molecule has 1 amide bonds. The molecule has 0 aliphatic carbocycles. The van der Waals surface area contributed by atoms with Gasteiger partial charge in [0.2, 0.25) is 0 Å². The maximum absolute atomic E-state index is 12.1. The fourth-order valence-corrected chi connectivity index (χ4v) is 3.21. The van der Waals surface area contributed by atoms with Gasteiger partial charge in [-0.1, -0.05) is 30.3 Å². The number of rotatable bonds is 10. The van der Waals surface area contributed by atoms with Gasteiger partial charge in [-0.25, -0.2) is 4.79 Å². The molecule has 0 saturated carbocycles. The molecule has 0 bridgehead atoms. The van der Waals surface area contributed by atoms with Crippen LogP contribution in [0.2, 0.25) is 0 Å². The predicted octanol–water partition coefficient (Wildman–Crippen LogP) is -2.10. The van der Waals surface area contributed by atoms with Crippen LogP contribution in [0.15, 0.2) is 30.3 Å². The second kappa shape index (κ2) is 11.3. The van der Waals surface area contributed by atoms with E-state index in [-0.39, 0.29) is 6.61 Å². The summed E-state index contributed by atoms with van der Waals surface area (Å²) in [5.74, 6) is -5.62. The first-order valence-corrected chi connectivity index (χ1v) is 9.76. The molecule has 32 heavy (non-hydrogen) atoms. The number of amides is 1. The van der Waals surface area contributed by atoms with Gasteiger partial charge in [0.25, 0.3) is 11.7 Å². The first-order valence-electron chi connectivity index (χ1n) is 9.76. The summed E-state index contributed by atoms with van der Waals surface area (Å²) in [6, 6.07) is 7.11. The molecule has 6 atom stereocenters. The molecule has 178 valence electrons. The Morgan fingerprint density at radius 2 is 1.91 bits per heavy atom. The summed E-state index contributed by atoms with van der Waals surface area (Å²) in [4.78, 5) is 35.0. The normalized spacial score (nSPS) is 27.2. The Morgan fingerprint density at radius 1 is 1.25 bits per heavy atom. The van der Waals surface area contributed by atoms with E-state index in [1.54, 1.807) is 30.3 Å². The fourth-order valence-electron chi connectivity index (χ4n) is 3.21. The average Bonchev–Trinajstić information content (AvgIpc) is 2.77. The molecule has 1 aromatic rings. The zero-order valence-corrected chi connectivity index (χ0v) is 17.3. The van der Waals surface area contributed by atoms with E-state index in [1.807, 2.05) is 0 Å². The average molecular weight is 457 g/mol. The van der Waals surface area contributed by atoms with Gasteiger partial charge in [0.1, 0.15) is 18.3 Å². The highest BCUT2D eigenvalue weighted by Gasteiger charge is 2.55. The first kappa shape index (κ1) is 25.6. The lowest BCUT2D eigenvalue weighted by molar-refractivity contribution is -0.314. The molecule has 0 spiro atoms. The van der Waals surface area contributed by atoms with Crippen molar-refractivity contribution in [1.82, 2.24) is 5.32 Å². The third-order valence-electron chi connectivity index (χ3n) is 4.87. The maximum atomic E-state index is 12.1. The molecule has 2 rings (SSSR count). The molecular weight excluding hydrogens is 430 g/mol. The number of ether oxygens (including phenoxy) is 3. The molecule has 0 aromatic heterocycles. The van der Waals surface area contributed by atoms with Gasteiger partial charge in [-0.05, 0) is 5.56 Å². The molecule has 1 saturated heterocycles. The Morgan fingerprint density at radius 3 is 2.47 bits per heavy atom. The summed E-state index contributed by atoms with van der Waals surface area (Å²) in [6.45, 7) is -0.731. The summed E-state index contributed by atoms with van der Waals surface area (Å²) in [5.41, 5.74) is 0.607. The van der Waals surface area contributed by atoms with Crippen LogP contribution in [0.5, 0.6) is 0 Å². The van der Waals surface area contributed by atoms with E-state index in [0.717, 1.165) is 6.92 Å². The Kier molecular flexibility index (Phi) is 9.07. The van der Waals surface area contributed by atoms with Crippen molar-refractivity contribution in [3.63, 3.8) is 0 Å². The minimum atomic E-state index is -2.42. The molecular formula is C20H27NO11. The largest absolute Gasteiger partial charge is 0.477 e. The van der Waals surface area contributed by atoms with Gasteiger partial charge in [0.15, 0.2) is 6.61 Å². The number of carbonyl (C=O) groups is 3. The van der Waals surface area contributed by atoms with Crippen LogP contribution in [0, 0.1) is 0 Å². The van der Waals surface area contributed by atoms with Crippen molar-refractivity contribution >= 4 is 17.8 Å². The number of carboxylic acid groups (broad SMARTS) is 1. The number of aliphatic hydroxyl groups excluding tert-OH is 4. The molecule has 0 unspecified atom stereocenters. The number of esters is 1. The number of aliphatic carboxylic acids is 1. The quantitative estimate of drug-likeness (QED) is 0.211. The van der Waals surface area contributed by atoms with Crippen LogP contribution >= 0.6 is 0 Å². The van der Waals surface area contributed by atoms with Crippen molar-refractivity contribution in [3.05, 3.63) is 35.9 Å². The second-order valence-electron chi connectivity index (χ2n) is 7.30. The standard InChI is InChI=1S/C20H27NO11/c1-11(23)30-10-15(26)21-16-13(24)7-20(19(28)29,31-9-12-5-3-2-4-6-12)32-18(16)17(27)14(25)8-22/h2-6,13-14,16-18,22,24-25,27H,7-10H2,1H3,(H,21,26)(H,28,29)/t13-,14+,16+,17+,18+,20+/m0/s1. The van der Waals surface area contributed by atoms with Crippen LogP contribution < -0.4 is 5.32 Å². The third kappa shape index (κ3) is 6.45. The summed E-state index contributed by atoms with van der Waals surface area (Å²) in [5, 5.41) is 52.2. The second-order valence-corrected chi connectivity index (χ2v) is 7.30. The molecule has 1 aliphatic heterocycles. The van der Waals surface area contributed by atoms with Gasteiger partial charge in [0, 0.05) is 13.3 Å². The minimum Gasteiger partial charge on any atom is -0.477 e. The van der Waals surface area contributed by atoms with Crippen molar-refractivity contribution in [2.45, 2.75) is 56.2 Å². The molecule has 1 aromatic carbocycles. The lowest BCUT2D eigenvalue weighted by Crippen LogP contribution is -2.68. The van der Waals surface area contributed by atoms with Crippen LogP contribution in [0.3, 0.4) is 0 Å². The highest BCUT2D eigenvalue weighted by atomic mass is 16.7. The molecule has 12 nitrogen and oxygen atoms in total. The maximum Gasteiger partial charge on any atom is 0.364 e. The summed E-state index contributed by atoms with van der Waals surface area (Å²) < 4.78 is 15.6. The first-order chi connectivity index (χ1) is 15.1. The van der Waals surface area contributed by atoms with Gasteiger partial charge in [-0.2, -0.15) is 0 Å². The Labute approximate surface area is 183 Å². The van der Waals surface area contributed by atoms with Gasteiger partial charge >= 0.3 is 11.9 Å². The summed E-state index contributed by atoms with van der Waals surface area (Å²) in [7, 11) is 0. The van der Waals surface area contributed by atoms with Gasteiger partial charge in [0.05, 0.1) is 25.4 Å². The van der Waals surface area contributed by atoms with E-state index >= 15 is 0 Å². The molecule has 6 N–H and O–H groups in total. The molecule has 1 heterocycles. The number of hydrogen-bond donors (Lipinski definition) is 6. The van der Waals surface area contributed by atoms with E-state index in [0.29, 0.717) is 5.56 Å². The van der Waals surface area contributed by atoms with Gasteiger partial charge in [-0.15, -0.1) is 0 Å². The predicted molar refractivity (Wildman–Crippen MR) is 105 cm³/mol. The van der Waals surface area contributed by atoms with Gasteiger partial charge in [-0.3, -0.25) is 9.59 Å². The number of carboxylic acids is 1. The van der Waals surface area contributed by atoms with E-state index in [2.05, 4.69) is 10.1 Å². The van der Waals surface area contributed by atoms with Crippen LogP contribution in [0.1, 0.15) is 18.9 Å². The molecule has 12 heteroatoms. The highest BCUT2D eigenvalue weighted by Crippen LogP contribution is 2.34. The fraction of sp³-hybridized carbons (Fsp3) is 0.550. The molecule has 1 fully saturated rings. The Balaban J connectivity index is 2.27. The number of aliphatic hydroxyl groups is 4. The number of hydrogen-bond acceptors (Lipinski definition) is 10. The molecule has 1 aliphatic rings. The zero-order valence-electron chi connectivity index (χ0n) is 17.3. The topological polar surface area (TPSA) is 192 Å². The number of nitrogens with one attached hydrogen (secondary N) is 1. The number of benzene rings is 1. The van der Waals surface area contributed by atoms with Crippen LogP contribution in [-0.2, 0) is 35.2 Å². The Bertz CT molecular complexity index is 789. The van der Waals surface area contributed by atoms with Crippen LogP contribution in [0.4, 0.5) is 0 Å². The van der Waals surface area contributed by atoms with Crippen molar-refractivity contribution in [2.75, 3.05) is 13.2 Å². The Hall–Kier alpha value is -2.61. The van der Waals surface area contributed by atoms with E-state index < -0.39 is 73.7 Å². The lowest BCUT2D eigenvalue weighted by atomic mass is 9.88. The van der Waals surface area contributed by atoms with E-state index in [1.165, 1.54) is 0 Å². The summed E-state index contributed by atoms with van der Waals surface area (Å²) >= 11 is 0. The van der Waals surface area contributed by atoms with E-state index in [4.69, 9.17) is 9.47 Å². The smallest absolute Gasteiger partial charge is 0.364 e. The van der Waals surface area contributed by atoms with Crippen molar-refractivity contribution < 1.29 is 54.1 Å². The molecule has 0 radical (unpaired) electrons. The lowest BCUT2D eigenvalue weighted by Gasteiger charge is -2.46. The zero-order chi connectivity index (χ0) is 23.9. The van der Waals surface area contributed by atoms with Crippen molar-refractivity contribution in [2.24, 2.45) is 0 Å². The van der Waals surface area contributed by atoms with Crippen LogP contribution in [-0.4, -0.2) is 92.8 Å². The van der Waals surface area contributed by atoms with E-state index in [9.17, 15) is 39.9 Å². The van der Waals surface area contributed by atoms with Crippen molar-refractivity contribution in [3.8, 4) is 0 Å².